The van der Waals surface area contributed by atoms with Gasteiger partial charge in [-0.2, -0.15) is 5.26 Å². The Labute approximate surface area is 145 Å². The molecule has 3 heterocycles. The van der Waals surface area contributed by atoms with E-state index in [0.717, 1.165) is 34.4 Å². The van der Waals surface area contributed by atoms with Gasteiger partial charge in [0.1, 0.15) is 16.0 Å². The number of hydrogen-bond acceptors (Lipinski definition) is 8. The summed E-state index contributed by atoms with van der Waals surface area (Å²) in [7, 11) is 0. The summed E-state index contributed by atoms with van der Waals surface area (Å²) in [5.74, 6) is 0.160. The first-order chi connectivity index (χ1) is 11.2. The maximum atomic E-state index is 12.3. The molecule has 120 valence electrons. The first-order valence-electron chi connectivity index (χ1n) is 7.03. The summed E-state index contributed by atoms with van der Waals surface area (Å²) in [6, 6.07) is 2.08. The number of nitrogens with zero attached hydrogens (tertiary/aromatic N) is 3. The normalized spacial score (nSPS) is 17.1. The molecule has 1 aliphatic rings. The third-order valence-corrected chi connectivity index (χ3v) is 6.59. The van der Waals surface area contributed by atoms with Crippen molar-refractivity contribution in [1.29, 1.82) is 5.26 Å². The predicted molar refractivity (Wildman–Crippen MR) is 91.2 cm³/mol. The van der Waals surface area contributed by atoms with Gasteiger partial charge in [0.05, 0.1) is 27.9 Å². The van der Waals surface area contributed by atoms with Crippen LogP contribution in [0.1, 0.15) is 39.3 Å². The minimum atomic E-state index is -0.211. The minimum Gasteiger partial charge on any atom is -0.371 e. The standard InChI is InChI=1S/C14H14N4O2S3/c1-8-13(21-6-4-15)23-14(17-8)18-11(19)10-7-16-12(22-10)9-3-2-5-20-9/h7,9H,2-3,5-6H2,1H3,(H,17,18,19). The highest BCUT2D eigenvalue weighted by atomic mass is 32.2. The molecule has 1 atom stereocenters. The molecule has 2 aromatic heterocycles. The summed E-state index contributed by atoms with van der Waals surface area (Å²) in [6.45, 7) is 2.63. The number of nitriles is 1. The fourth-order valence-corrected chi connectivity index (χ4v) is 4.83. The highest BCUT2D eigenvalue weighted by Gasteiger charge is 2.22. The molecule has 1 amide bonds. The first-order valence-corrected chi connectivity index (χ1v) is 9.65. The number of anilines is 1. The van der Waals surface area contributed by atoms with Crippen molar-refractivity contribution < 1.29 is 9.53 Å². The van der Waals surface area contributed by atoms with Gasteiger partial charge in [0.2, 0.25) is 0 Å². The van der Waals surface area contributed by atoms with E-state index in [1.54, 1.807) is 6.20 Å². The van der Waals surface area contributed by atoms with E-state index >= 15 is 0 Å². The lowest BCUT2D eigenvalue weighted by Gasteiger charge is -2.03. The Morgan fingerprint density at radius 2 is 2.48 bits per heavy atom. The topological polar surface area (TPSA) is 87.9 Å². The Balaban J connectivity index is 1.66. The SMILES string of the molecule is Cc1nc(NC(=O)c2cnc(C3CCCO3)s2)sc1SCC#N. The van der Waals surface area contributed by atoms with Crippen LogP contribution in [0, 0.1) is 18.3 Å². The molecule has 0 bridgehead atoms. The van der Waals surface area contributed by atoms with Crippen LogP contribution in [-0.2, 0) is 4.74 Å². The molecule has 0 saturated carbocycles. The largest absolute Gasteiger partial charge is 0.371 e. The summed E-state index contributed by atoms with van der Waals surface area (Å²) < 4.78 is 6.53. The number of ether oxygens (including phenoxy) is 1. The number of aromatic nitrogens is 2. The molecule has 1 aliphatic heterocycles. The molecule has 0 aliphatic carbocycles. The monoisotopic (exact) mass is 366 g/mol. The first kappa shape index (κ1) is 16.4. The number of carbonyl (C=O) groups excluding carboxylic acids is 1. The van der Waals surface area contributed by atoms with E-state index in [-0.39, 0.29) is 12.0 Å². The van der Waals surface area contributed by atoms with Crippen molar-refractivity contribution in [2.45, 2.75) is 30.1 Å². The van der Waals surface area contributed by atoms with Crippen LogP contribution in [0.15, 0.2) is 10.4 Å². The quantitative estimate of drug-likeness (QED) is 0.813. The van der Waals surface area contributed by atoms with E-state index in [4.69, 9.17) is 10.00 Å². The molecule has 6 nitrogen and oxygen atoms in total. The molecule has 0 spiro atoms. The molecule has 1 unspecified atom stereocenters. The van der Waals surface area contributed by atoms with E-state index in [0.29, 0.717) is 15.8 Å². The van der Waals surface area contributed by atoms with Gasteiger partial charge in [0.15, 0.2) is 5.13 Å². The van der Waals surface area contributed by atoms with E-state index in [2.05, 4.69) is 21.4 Å². The average molecular weight is 366 g/mol. The number of rotatable bonds is 5. The van der Waals surface area contributed by atoms with Crippen LogP contribution in [0.25, 0.3) is 0 Å². The fraction of sp³-hybridized carbons (Fsp3) is 0.429. The molecule has 1 saturated heterocycles. The third kappa shape index (κ3) is 3.90. The zero-order chi connectivity index (χ0) is 16.2. The molecule has 3 rings (SSSR count). The van der Waals surface area contributed by atoms with Crippen LogP contribution in [0.4, 0.5) is 5.13 Å². The second-order valence-electron chi connectivity index (χ2n) is 4.86. The van der Waals surface area contributed by atoms with Crippen LogP contribution < -0.4 is 5.32 Å². The van der Waals surface area contributed by atoms with E-state index in [1.165, 1.54) is 34.4 Å². The summed E-state index contributed by atoms with van der Waals surface area (Å²) in [5.41, 5.74) is 0.829. The lowest BCUT2D eigenvalue weighted by molar-refractivity contribution is 0.103. The molecular weight excluding hydrogens is 352 g/mol. The second-order valence-corrected chi connectivity index (χ2v) is 8.16. The van der Waals surface area contributed by atoms with E-state index < -0.39 is 0 Å². The van der Waals surface area contributed by atoms with Crippen molar-refractivity contribution in [1.82, 2.24) is 9.97 Å². The molecule has 2 aromatic rings. The van der Waals surface area contributed by atoms with Gasteiger partial charge in [-0.15, -0.1) is 11.3 Å². The zero-order valence-corrected chi connectivity index (χ0v) is 14.8. The van der Waals surface area contributed by atoms with Gasteiger partial charge < -0.3 is 4.74 Å². The highest BCUT2D eigenvalue weighted by molar-refractivity contribution is 8.01. The average Bonchev–Trinajstić information content (AvgIpc) is 3.26. The van der Waals surface area contributed by atoms with Crippen molar-refractivity contribution in [2.24, 2.45) is 0 Å². The van der Waals surface area contributed by atoms with Crippen LogP contribution >= 0.6 is 34.4 Å². The molecule has 9 heteroatoms. The van der Waals surface area contributed by atoms with Gasteiger partial charge in [-0.05, 0) is 19.8 Å². The maximum Gasteiger partial charge on any atom is 0.269 e. The molecule has 1 fully saturated rings. The molecule has 0 radical (unpaired) electrons. The van der Waals surface area contributed by atoms with Crippen molar-refractivity contribution >= 4 is 45.5 Å². The zero-order valence-electron chi connectivity index (χ0n) is 12.4. The molecule has 23 heavy (non-hydrogen) atoms. The predicted octanol–water partition coefficient (Wildman–Crippen LogP) is 3.63. The van der Waals surface area contributed by atoms with Crippen LogP contribution in [0.5, 0.6) is 0 Å². The summed E-state index contributed by atoms with van der Waals surface area (Å²) >= 11 is 4.17. The van der Waals surface area contributed by atoms with Crippen LogP contribution in [-0.4, -0.2) is 28.2 Å². The van der Waals surface area contributed by atoms with Crippen molar-refractivity contribution in [3.8, 4) is 6.07 Å². The third-order valence-electron chi connectivity index (χ3n) is 3.19. The van der Waals surface area contributed by atoms with Gasteiger partial charge in [0.25, 0.3) is 5.91 Å². The van der Waals surface area contributed by atoms with Crippen LogP contribution in [0.3, 0.4) is 0 Å². The van der Waals surface area contributed by atoms with E-state index in [1.807, 2.05) is 6.92 Å². The van der Waals surface area contributed by atoms with Crippen LogP contribution in [0.2, 0.25) is 0 Å². The number of nitrogens with one attached hydrogen (secondary N) is 1. The molecule has 0 aromatic carbocycles. The fourth-order valence-electron chi connectivity index (χ4n) is 2.14. The Morgan fingerprint density at radius 3 is 3.22 bits per heavy atom. The molecule has 1 N–H and O–H groups in total. The lowest BCUT2D eigenvalue weighted by Crippen LogP contribution is -2.09. The van der Waals surface area contributed by atoms with Gasteiger partial charge in [-0.1, -0.05) is 23.1 Å². The number of carbonyl (C=O) groups is 1. The lowest BCUT2D eigenvalue weighted by atomic mass is 10.2. The van der Waals surface area contributed by atoms with Gasteiger partial charge in [-0.3, -0.25) is 10.1 Å². The summed E-state index contributed by atoms with van der Waals surface area (Å²) in [4.78, 5) is 21.5. The Morgan fingerprint density at radius 1 is 1.61 bits per heavy atom. The Kier molecular flexibility index (Phi) is 5.27. The van der Waals surface area contributed by atoms with Gasteiger partial charge >= 0.3 is 0 Å². The van der Waals surface area contributed by atoms with Gasteiger partial charge in [-0.25, -0.2) is 9.97 Å². The number of amides is 1. The Hall–Kier alpha value is -1.47. The minimum absolute atomic E-state index is 0.0256. The number of thiazole rings is 2. The van der Waals surface area contributed by atoms with E-state index in [9.17, 15) is 4.79 Å². The number of hydrogen-bond donors (Lipinski definition) is 1. The number of thioether (sulfide) groups is 1. The smallest absolute Gasteiger partial charge is 0.269 e. The van der Waals surface area contributed by atoms with Crippen molar-refractivity contribution in [3.63, 3.8) is 0 Å². The summed E-state index contributed by atoms with van der Waals surface area (Å²) in [5, 5.41) is 12.8. The second kappa shape index (κ2) is 7.40. The van der Waals surface area contributed by atoms with Gasteiger partial charge in [0, 0.05) is 6.61 Å². The van der Waals surface area contributed by atoms with Crippen molar-refractivity contribution in [2.75, 3.05) is 17.7 Å². The maximum absolute atomic E-state index is 12.3. The summed E-state index contributed by atoms with van der Waals surface area (Å²) in [6.07, 6.45) is 3.60. The number of aryl methyl sites for hydroxylation is 1. The highest BCUT2D eigenvalue weighted by Crippen LogP contribution is 2.33. The van der Waals surface area contributed by atoms with Crippen molar-refractivity contribution in [3.05, 3.63) is 21.8 Å². The Bertz CT molecular complexity index is 744. The molecular formula is C14H14N4O2S3.